The summed E-state index contributed by atoms with van der Waals surface area (Å²) < 4.78 is 5.63. The van der Waals surface area contributed by atoms with Gasteiger partial charge in [-0.1, -0.05) is 23.7 Å². The highest BCUT2D eigenvalue weighted by molar-refractivity contribution is 6.59. The van der Waals surface area contributed by atoms with Gasteiger partial charge in [-0.3, -0.25) is 0 Å². The van der Waals surface area contributed by atoms with E-state index in [9.17, 15) is 0 Å². The van der Waals surface area contributed by atoms with Crippen LogP contribution in [0.25, 0.3) is 0 Å². The minimum atomic E-state index is -1.49. The van der Waals surface area contributed by atoms with Gasteiger partial charge in [0.25, 0.3) is 0 Å². The lowest BCUT2D eigenvalue weighted by atomic mass is 9.77. The maximum absolute atomic E-state index is 9.16. The highest BCUT2D eigenvalue weighted by atomic mass is 35.5. The lowest BCUT2D eigenvalue weighted by Gasteiger charge is -2.11. The third kappa shape index (κ3) is 3.76. The molecule has 0 atom stereocenters. The number of hydrogen-bond donors (Lipinski definition) is 2. The Morgan fingerprint density at radius 1 is 1.24 bits per heavy atom. The van der Waals surface area contributed by atoms with E-state index in [2.05, 4.69) is 0 Å². The number of benzene rings is 2. The Labute approximate surface area is 128 Å². The molecule has 4 nitrogen and oxygen atoms in total. The van der Waals surface area contributed by atoms with E-state index < -0.39 is 7.12 Å². The minimum Gasteiger partial charge on any atom is -0.489 e. The smallest absolute Gasteiger partial charge is 0.488 e. The quantitative estimate of drug-likeness (QED) is 0.844. The van der Waals surface area contributed by atoms with Gasteiger partial charge < -0.3 is 14.8 Å². The van der Waals surface area contributed by atoms with Crippen molar-refractivity contribution in [3.63, 3.8) is 0 Å². The molecule has 6 heteroatoms. The molecule has 0 saturated carbocycles. The molecule has 0 spiro atoms. The van der Waals surface area contributed by atoms with E-state index in [0.29, 0.717) is 21.8 Å². The zero-order valence-electron chi connectivity index (χ0n) is 11.4. The van der Waals surface area contributed by atoms with Gasteiger partial charge >= 0.3 is 7.12 Å². The van der Waals surface area contributed by atoms with E-state index in [1.807, 2.05) is 6.07 Å². The number of nitrogens with zero attached hydrogens (tertiary/aromatic N) is 1. The third-order valence-corrected chi connectivity index (χ3v) is 3.45. The largest absolute Gasteiger partial charge is 0.489 e. The van der Waals surface area contributed by atoms with Crippen molar-refractivity contribution in [3.8, 4) is 11.8 Å². The summed E-state index contributed by atoms with van der Waals surface area (Å²) in [6.07, 6.45) is 0. The Morgan fingerprint density at radius 2 is 2.00 bits per heavy atom. The average molecular weight is 302 g/mol. The number of nitriles is 1. The summed E-state index contributed by atoms with van der Waals surface area (Å²) in [5.74, 6) is 0.609. The standard InChI is InChI=1S/C15H13BClNO3/c1-10-6-13(4-5-14(10)16(19)20)21-9-12-3-2-11(8-18)7-15(12)17/h2-7,19-20H,9H2,1H3. The van der Waals surface area contributed by atoms with E-state index in [0.717, 1.165) is 11.1 Å². The molecule has 0 heterocycles. The van der Waals surface area contributed by atoms with Crippen molar-refractivity contribution in [1.29, 1.82) is 5.26 Å². The Balaban J connectivity index is 2.10. The average Bonchev–Trinajstić information content (AvgIpc) is 2.45. The second-order valence-electron chi connectivity index (χ2n) is 4.60. The van der Waals surface area contributed by atoms with Crippen LogP contribution in [0.5, 0.6) is 5.75 Å². The van der Waals surface area contributed by atoms with Crippen molar-refractivity contribution in [1.82, 2.24) is 0 Å². The van der Waals surface area contributed by atoms with Crippen molar-refractivity contribution in [2.24, 2.45) is 0 Å². The second kappa shape index (κ2) is 6.64. The third-order valence-electron chi connectivity index (χ3n) is 3.10. The lowest BCUT2D eigenvalue weighted by molar-refractivity contribution is 0.306. The fourth-order valence-corrected chi connectivity index (χ4v) is 2.16. The molecule has 0 aromatic heterocycles. The monoisotopic (exact) mass is 301 g/mol. The molecule has 0 aliphatic heterocycles. The van der Waals surface area contributed by atoms with E-state index >= 15 is 0 Å². The van der Waals surface area contributed by atoms with Gasteiger partial charge in [-0.15, -0.1) is 0 Å². The maximum atomic E-state index is 9.16. The molecule has 2 N–H and O–H groups in total. The Kier molecular flexibility index (Phi) is 4.87. The van der Waals surface area contributed by atoms with Crippen molar-refractivity contribution >= 4 is 24.2 Å². The fourth-order valence-electron chi connectivity index (χ4n) is 1.92. The van der Waals surface area contributed by atoms with E-state index in [1.54, 1.807) is 43.3 Å². The summed E-state index contributed by atoms with van der Waals surface area (Å²) >= 11 is 6.08. The van der Waals surface area contributed by atoms with Gasteiger partial charge in [-0.25, -0.2) is 0 Å². The van der Waals surface area contributed by atoms with Crippen LogP contribution in [0.15, 0.2) is 36.4 Å². The normalized spacial score (nSPS) is 10.0. The van der Waals surface area contributed by atoms with Crippen LogP contribution < -0.4 is 10.2 Å². The van der Waals surface area contributed by atoms with Gasteiger partial charge in [0.05, 0.1) is 11.6 Å². The molecule has 2 aromatic rings. The van der Waals surface area contributed by atoms with Crippen LogP contribution >= 0.6 is 11.6 Å². The van der Waals surface area contributed by atoms with Crippen molar-refractivity contribution < 1.29 is 14.8 Å². The van der Waals surface area contributed by atoms with Gasteiger partial charge in [0, 0.05) is 10.6 Å². The lowest BCUT2D eigenvalue weighted by Crippen LogP contribution is -2.31. The molecule has 21 heavy (non-hydrogen) atoms. The molecule has 106 valence electrons. The van der Waals surface area contributed by atoms with Crippen LogP contribution in [0, 0.1) is 18.3 Å². The van der Waals surface area contributed by atoms with Crippen LogP contribution in [0.2, 0.25) is 5.02 Å². The number of ether oxygens (including phenoxy) is 1. The molecule has 2 rings (SSSR count). The zero-order valence-corrected chi connectivity index (χ0v) is 12.1. The zero-order chi connectivity index (χ0) is 15.4. The highest BCUT2D eigenvalue weighted by Crippen LogP contribution is 2.20. The maximum Gasteiger partial charge on any atom is 0.488 e. The SMILES string of the molecule is Cc1cc(OCc2ccc(C#N)cc2Cl)ccc1B(O)O. The molecule has 0 amide bonds. The van der Waals surface area contributed by atoms with Gasteiger partial charge in [-0.05, 0) is 42.2 Å². The van der Waals surface area contributed by atoms with Crippen molar-refractivity contribution in [3.05, 3.63) is 58.1 Å². The molecule has 0 aliphatic carbocycles. The molecule has 0 fully saturated rings. The fraction of sp³-hybridized carbons (Fsp3) is 0.133. The molecule has 0 radical (unpaired) electrons. The molecule has 0 aliphatic rings. The van der Waals surface area contributed by atoms with Crippen molar-refractivity contribution in [2.75, 3.05) is 0 Å². The second-order valence-corrected chi connectivity index (χ2v) is 5.01. The predicted octanol–water partition coefficient (Wildman–Crippen LogP) is 1.78. The number of rotatable bonds is 4. The van der Waals surface area contributed by atoms with Gasteiger partial charge in [-0.2, -0.15) is 5.26 Å². The van der Waals surface area contributed by atoms with Gasteiger partial charge in [0.2, 0.25) is 0 Å². The summed E-state index contributed by atoms with van der Waals surface area (Å²) in [5.41, 5.74) is 2.45. The Hall–Kier alpha value is -2.00. The van der Waals surface area contributed by atoms with Crippen LogP contribution in [0.1, 0.15) is 16.7 Å². The molecule has 0 saturated heterocycles. The van der Waals surface area contributed by atoms with E-state index in [4.69, 9.17) is 31.6 Å². The summed E-state index contributed by atoms with van der Waals surface area (Å²) in [7, 11) is -1.49. The Bertz CT molecular complexity index is 698. The molecule has 2 aromatic carbocycles. The van der Waals surface area contributed by atoms with Gasteiger partial charge in [0.1, 0.15) is 12.4 Å². The van der Waals surface area contributed by atoms with Crippen LogP contribution in [-0.2, 0) is 6.61 Å². The number of halogens is 1. The minimum absolute atomic E-state index is 0.269. The number of hydrogen-bond acceptors (Lipinski definition) is 4. The first-order chi connectivity index (χ1) is 10.0. The topological polar surface area (TPSA) is 73.5 Å². The summed E-state index contributed by atoms with van der Waals surface area (Å²) in [6.45, 7) is 2.04. The summed E-state index contributed by atoms with van der Waals surface area (Å²) in [4.78, 5) is 0. The van der Waals surface area contributed by atoms with Crippen LogP contribution in [0.4, 0.5) is 0 Å². The molecule has 0 bridgehead atoms. The van der Waals surface area contributed by atoms with Crippen LogP contribution in [0.3, 0.4) is 0 Å². The summed E-state index contributed by atoms with van der Waals surface area (Å²) in [6, 6.07) is 12.0. The van der Waals surface area contributed by atoms with E-state index in [-0.39, 0.29) is 6.61 Å². The number of aryl methyl sites for hydroxylation is 1. The first kappa shape index (κ1) is 15.4. The highest BCUT2D eigenvalue weighted by Gasteiger charge is 2.14. The van der Waals surface area contributed by atoms with Gasteiger partial charge in [0.15, 0.2) is 0 Å². The first-order valence-electron chi connectivity index (χ1n) is 6.29. The van der Waals surface area contributed by atoms with E-state index in [1.165, 1.54) is 0 Å². The first-order valence-corrected chi connectivity index (χ1v) is 6.67. The molecular formula is C15H13BClNO3. The summed E-state index contributed by atoms with van der Waals surface area (Å²) in [5, 5.41) is 27.6. The van der Waals surface area contributed by atoms with Crippen LogP contribution in [-0.4, -0.2) is 17.2 Å². The predicted molar refractivity (Wildman–Crippen MR) is 81.5 cm³/mol. The molecular weight excluding hydrogens is 288 g/mol. The Morgan fingerprint density at radius 3 is 2.57 bits per heavy atom. The molecule has 0 unspecified atom stereocenters. The van der Waals surface area contributed by atoms with Crippen molar-refractivity contribution in [2.45, 2.75) is 13.5 Å².